The van der Waals surface area contributed by atoms with Gasteiger partial charge in [0.05, 0.1) is 12.4 Å². The molecule has 0 amide bonds. The molecule has 0 bridgehead atoms. The molecular formula is C22H26N6OS. The zero-order valence-electron chi connectivity index (χ0n) is 17.6. The van der Waals surface area contributed by atoms with Gasteiger partial charge >= 0.3 is 0 Å². The van der Waals surface area contributed by atoms with E-state index >= 15 is 0 Å². The van der Waals surface area contributed by atoms with Gasteiger partial charge in [-0.15, -0.1) is 0 Å². The first-order valence-electron chi connectivity index (χ1n) is 10.1. The van der Waals surface area contributed by atoms with Gasteiger partial charge in [0.15, 0.2) is 5.78 Å². The lowest BCUT2D eigenvalue weighted by Gasteiger charge is -2.35. The number of aromatic nitrogens is 4. The molecule has 2 aromatic carbocycles. The summed E-state index contributed by atoms with van der Waals surface area (Å²) in [6.45, 7) is 10.0. The molecule has 1 aliphatic rings. The fourth-order valence-corrected chi connectivity index (χ4v) is 4.03. The summed E-state index contributed by atoms with van der Waals surface area (Å²) >= 11 is 5.64. The summed E-state index contributed by atoms with van der Waals surface area (Å²) in [6, 6.07) is 14.1. The van der Waals surface area contributed by atoms with E-state index in [1.807, 2.05) is 30.3 Å². The quantitative estimate of drug-likeness (QED) is 0.464. The summed E-state index contributed by atoms with van der Waals surface area (Å²) in [5.41, 5.74) is 5.21. The van der Waals surface area contributed by atoms with E-state index in [2.05, 4.69) is 46.2 Å². The minimum Gasteiger partial charge on any atom is -0.369 e. The molecule has 0 N–H and O–H groups in total. The molecular weight excluding hydrogens is 396 g/mol. The molecule has 0 atom stereocenters. The zero-order valence-corrected chi connectivity index (χ0v) is 18.4. The largest absolute Gasteiger partial charge is 0.369 e. The number of nitrogens with zero attached hydrogens (tertiary/aromatic N) is 6. The number of Topliss-reactive ketones (excluding diaryl/α,β-unsaturated/α-hetero) is 1. The minimum atomic E-state index is 0.0944. The van der Waals surface area contributed by atoms with Gasteiger partial charge in [-0.1, -0.05) is 17.7 Å². The molecule has 2 heterocycles. The van der Waals surface area contributed by atoms with Gasteiger partial charge in [-0.05, 0) is 79.3 Å². The van der Waals surface area contributed by atoms with E-state index in [1.165, 1.54) is 5.56 Å². The summed E-state index contributed by atoms with van der Waals surface area (Å²) in [4.78, 5) is 16.1. The molecule has 0 saturated carbocycles. The number of piperazine rings is 1. The Morgan fingerprint density at radius 3 is 2.33 bits per heavy atom. The number of carbonyl (C=O) groups excluding carboxylic acids is 1. The first kappa shape index (κ1) is 20.4. The standard InChI is InChI=1S/C22H26N6OS/c1-16-4-9-21(17(2)14-16)28-22(30)27(23-24-28)15-25-10-12-26(13-11-25)20-7-5-19(6-8-20)18(3)29/h4-9,14H,10-13,15H2,1-3H3. The number of hydrogen-bond acceptors (Lipinski definition) is 6. The highest BCUT2D eigenvalue weighted by Gasteiger charge is 2.19. The Balaban J connectivity index is 1.40. The summed E-state index contributed by atoms with van der Waals surface area (Å²) in [7, 11) is 0. The molecule has 4 rings (SSSR count). The zero-order chi connectivity index (χ0) is 21.3. The van der Waals surface area contributed by atoms with Crippen LogP contribution in [0, 0.1) is 18.6 Å². The number of hydrogen-bond donors (Lipinski definition) is 0. The van der Waals surface area contributed by atoms with Gasteiger partial charge in [-0.2, -0.15) is 4.68 Å². The van der Waals surface area contributed by atoms with Crippen molar-refractivity contribution >= 4 is 23.7 Å². The highest BCUT2D eigenvalue weighted by atomic mass is 32.1. The van der Waals surface area contributed by atoms with Crippen LogP contribution in [0.5, 0.6) is 0 Å². The van der Waals surface area contributed by atoms with Crippen LogP contribution in [0.1, 0.15) is 28.4 Å². The number of tetrazole rings is 1. The highest BCUT2D eigenvalue weighted by Crippen LogP contribution is 2.18. The van der Waals surface area contributed by atoms with Crippen molar-refractivity contribution in [1.82, 2.24) is 24.7 Å². The van der Waals surface area contributed by atoms with Gasteiger partial charge in [0, 0.05) is 37.4 Å². The van der Waals surface area contributed by atoms with E-state index in [9.17, 15) is 4.79 Å². The monoisotopic (exact) mass is 422 g/mol. The van der Waals surface area contributed by atoms with Crippen molar-refractivity contribution in [2.24, 2.45) is 0 Å². The van der Waals surface area contributed by atoms with Crippen molar-refractivity contribution in [2.75, 3.05) is 31.1 Å². The van der Waals surface area contributed by atoms with Crippen molar-refractivity contribution in [1.29, 1.82) is 0 Å². The molecule has 3 aromatic rings. The van der Waals surface area contributed by atoms with Crippen molar-refractivity contribution in [2.45, 2.75) is 27.4 Å². The maximum Gasteiger partial charge on any atom is 0.221 e. The molecule has 1 aromatic heterocycles. The second-order valence-electron chi connectivity index (χ2n) is 7.81. The number of aryl methyl sites for hydroxylation is 2. The first-order valence-corrected chi connectivity index (χ1v) is 10.5. The van der Waals surface area contributed by atoms with Crippen molar-refractivity contribution in [3.05, 3.63) is 63.9 Å². The third-order valence-corrected chi connectivity index (χ3v) is 5.95. The van der Waals surface area contributed by atoms with Crippen LogP contribution in [0.2, 0.25) is 0 Å². The maximum atomic E-state index is 11.5. The van der Waals surface area contributed by atoms with Crippen LogP contribution in [0.3, 0.4) is 0 Å². The lowest BCUT2D eigenvalue weighted by atomic mass is 10.1. The van der Waals surface area contributed by atoms with Crippen LogP contribution in [0.25, 0.3) is 5.69 Å². The molecule has 156 valence electrons. The Bertz CT molecular complexity index is 1110. The maximum absolute atomic E-state index is 11.5. The van der Waals surface area contributed by atoms with Gasteiger partial charge in [0.2, 0.25) is 4.77 Å². The number of rotatable bonds is 5. The second-order valence-corrected chi connectivity index (χ2v) is 8.18. The van der Waals surface area contributed by atoms with Crippen molar-refractivity contribution < 1.29 is 4.79 Å². The topological polar surface area (TPSA) is 59.2 Å². The summed E-state index contributed by atoms with van der Waals surface area (Å²) in [5, 5.41) is 8.58. The van der Waals surface area contributed by atoms with E-state index in [1.54, 1.807) is 16.3 Å². The predicted octanol–water partition coefficient (Wildman–Crippen LogP) is 3.40. The molecule has 7 nitrogen and oxygen atoms in total. The van der Waals surface area contributed by atoms with E-state index in [0.717, 1.165) is 48.7 Å². The Hall–Kier alpha value is -2.84. The molecule has 1 fully saturated rings. The Kier molecular flexibility index (Phi) is 5.78. The summed E-state index contributed by atoms with van der Waals surface area (Å²) < 4.78 is 4.12. The third kappa shape index (κ3) is 4.20. The molecule has 1 aliphatic heterocycles. The Labute approximate surface area is 181 Å². The minimum absolute atomic E-state index is 0.0944. The molecule has 30 heavy (non-hydrogen) atoms. The van der Waals surface area contributed by atoms with E-state index < -0.39 is 0 Å². The lowest BCUT2D eigenvalue weighted by molar-refractivity contribution is 0.101. The third-order valence-electron chi connectivity index (χ3n) is 5.57. The smallest absolute Gasteiger partial charge is 0.221 e. The molecule has 1 saturated heterocycles. The van der Waals surface area contributed by atoms with Gasteiger partial charge in [0.1, 0.15) is 0 Å². The Morgan fingerprint density at radius 2 is 1.70 bits per heavy atom. The fourth-order valence-electron chi connectivity index (χ4n) is 3.80. The van der Waals surface area contributed by atoms with Gasteiger partial charge in [-0.3, -0.25) is 9.69 Å². The van der Waals surface area contributed by atoms with Gasteiger partial charge < -0.3 is 4.90 Å². The second kappa shape index (κ2) is 8.49. The van der Waals surface area contributed by atoms with Crippen LogP contribution in [0.4, 0.5) is 5.69 Å². The van der Waals surface area contributed by atoms with Crippen molar-refractivity contribution in [3.63, 3.8) is 0 Å². The number of benzene rings is 2. The normalized spacial score (nSPS) is 14.8. The Morgan fingerprint density at radius 1 is 1.00 bits per heavy atom. The average molecular weight is 423 g/mol. The first-order chi connectivity index (χ1) is 14.4. The highest BCUT2D eigenvalue weighted by molar-refractivity contribution is 7.71. The van der Waals surface area contributed by atoms with Crippen LogP contribution in [0.15, 0.2) is 42.5 Å². The van der Waals surface area contributed by atoms with Gasteiger partial charge in [0.25, 0.3) is 0 Å². The molecule has 8 heteroatoms. The van der Waals surface area contributed by atoms with E-state index in [4.69, 9.17) is 12.2 Å². The van der Waals surface area contributed by atoms with Crippen LogP contribution < -0.4 is 4.90 Å². The van der Waals surface area contributed by atoms with Crippen LogP contribution in [-0.4, -0.2) is 56.7 Å². The number of anilines is 1. The van der Waals surface area contributed by atoms with E-state index in [0.29, 0.717) is 11.4 Å². The van der Waals surface area contributed by atoms with Crippen LogP contribution >= 0.6 is 12.2 Å². The summed E-state index contributed by atoms with van der Waals surface area (Å²) in [5.74, 6) is 0.0944. The lowest BCUT2D eigenvalue weighted by Crippen LogP contribution is -2.47. The number of ketones is 1. The van der Waals surface area contributed by atoms with Crippen LogP contribution in [-0.2, 0) is 6.67 Å². The van der Waals surface area contributed by atoms with Crippen molar-refractivity contribution in [3.8, 4) is 5.69 Å². The molecule has 0 unspecified atom stereocenters. The summed E-state index contributed by atoms with van der Waals surface area (Å²) in [6.07, 6.45) is 0. The molecule has 0 spiro atoms. The average Bonchev–Trinajstić information content (AvgIpc) is 3.09. The fraction of sp³-hybridized carbons (Fsp3) is 0.364. The van der Waals surface area contributed by atoms with E-state index in [-0.39, 0.29) is 5.78 Å². The molecule has 0 aliphatic carbocycles. The molecule has 0 radical (unpaired) electrons. The number of carbonyl (C=O) groups is 1. The SMILES string of the molecule is CC(=O)c1ccc(N2CCN(Cn3nnn(-c4ccc(C)cc4C)c3=S)CC2)cc1. The predicted molar refractivity (Wildman–Crippen MR) is 120 cm³/mol. The van der Waals surface area contributed by atoms with Gasteiger partial charge in [-0.25, -0.2) is 4.68 Å².